The second kappa shape index (κ2) is 5.15. The monoisotopic (exact) mass is 236 g/mol. The molecule has 0 radical (unpaired) electrons. The molecular formula is C10H9FN4O2. The fourth-order valence-electron chi connectivity index (χ4n) is 1.37. The van der Waals surface area contributed by atoms with Crippen LogP contribution in [0.25, 0.3) is 5.69 Å². The third kappa shape index (κ3) is 2.63. The standard InChI is InChI=1S/C10H9FN4O2/c11-8-2-1-3-9(6-8)15-10(12-13-14-15)4-5-17-7-16/h1-3,6-7H,4-5H2. The molecule has 0 aliphatic carbocycles. The average molecular weight is 236 g/mol. The van der Waals surface area contributed by atoms with Gasteiger partial charge >= 0.3 is 0 Å². The van der Waals surface area contributed by atoms with E-state index in [2.05, 4.69) is 20.3 Å². The molecule has 0 spiro atoms. The van der Waals surface area contributed by atoms with Crippen molar-refractivity contribution in [1.29, 1.82) is 0 Å². The highest BCUT2D eigenvalue weighted by molar-refractivity contribution is 5.37. The molecule has 0 bridgehead atoms. The lowest BCUT2D eigenvalue weighted by molar-refractivity contribution is -0.128. The van der Waals surface area contributed by atoms with Crippen LogP contribution in [0, 0.1) is 5.82 Å². The number of nitrogens with zero attached hydrogens (tertiary/aromatic N) is 4. The summed E-state index contributed by atoms with van der Waals surface area (Å²) in [6.07, 6.45) is 0.363. The number of benzene rings is 1. The quantitative estimate of drug-likeness (QED) is 0.559. The van der Waals surface area contributed by atoms with Gasteiger partial charge in [-0.25, -0.2) is 4.39 Å². The lowest BCUT2D eigenvalue weighted by atomic mass is 10.3. The van der Waals surface area contributed by atoms with E-state index in [0.29, 0.717) is 24.4 Å². The normalized spacial score (nSPS) is 10.2. The zero-order valence-electron chi connectivity index (χ0n) is 8.78. The van der Waals surface area contributed by atoms with Crippen molar-refractivity contribution in [2.45, 2.75) is 6.42 Å². The molecule has 1 heterocycles. The first-order valence-corrected chi connectivity index (χ1v) is 4.89. The van der Waals surface area contributed by atoms with Gasteiger partial charge in [0.25, 0.3) is 6.47 Å². The number of carbonyl (C=O) groups excluding carboxylic acids is 1. The molecule has 2 rings (SSSR count). The van der Waals surface area contributed by atoms with Crippen molar-refractivity contribution in [3.8, 4) is 5.69 Å². The summed E-state index contributed by atoms with van der Waals surface area (Å²) < 4.78 is 19.0. The molecule has 0 saturated carbocycles. The van der Waals surface area contributed by atoms with Gasteiger partial charge in [0.05, 0.1) is 12.3 Å². The lowest BCUT2D eigenvalue weighted by Gasteiger charge is -2.03. The van der Waals surface area contributed by atoms with Gasteiger partial charge in [0.2, 0.25) is 0 Å². The number of aromatic nitrogens is 4. The van der Waals surface area contributed by atoms with E-state index >= 15 is 0 Å². The maximum absolute atomic E-state index is 13.0. The van der Waals surface area contributed by atoms with Crippen molar-refractivity contribution in [1.82, 2.24) is 20.2 Å². The van der Waals surface area contributed by atoms with E-state index in [0.717, 1.165) is 0 Å². The van der Waals surface area contributed by atoms with Crippen molar-refractivity contribution in [3.05, 3.63) is 35.9 Å². The third-order valence-electron chi connectivity index (χ3n) is 2.10. The van der Waals surface area contributed by atoms with Crippen LogP contribution in [0.1, 0.15) is 5.82 Å². The van der Waals surface area contributed by atoms with Crippen molar-refractivity contribution in [2.75, 3.05) is 6.61 Å². The first-order valence-electron chi connectivity index (χ1n) is 4.89. The summed E-state index contributed by atoms with van der Waals surface area (Å²) in [6.45, 7) is 0.537. The van der Waals surface area contributed by atoms with Crippen LogP contribution in [-0.4, -0.2) is 33.3 Å². The Bertz CT molecular complexity index is 515. The zero-order valence-corrected chi connectivity index (χ0v) is 8.78. The van der Waals surface area contributed by atoms with Gasteiger partial charge in [0, 0.05) is 6.42 Å². The largest absolute Gasteiger partial charge is 0.467 e. The molecule has 0 amide bonds. The molecule has 17 heavy (non-hydrogen) atoms. The highest BCUT2D eigenvalue weighted by Gasteiger charge is 2.08. The Morgan fingerprint density at radius 1 is 1.47 bits per heavy atom. The first-order chi connectivity index (χ1) is 8.31. The Morgan fingerprint density at radius 3 is 3.12 bits per heavy atom. The van der Waals surface area contributed by atoms with Crippen LogP contribution in [0.5, 0.6) is 0 Å². The molecule has 0 fully saturated rings. The van der Waals surface area contributed by atoms with Gasteiger partial charge in [-0.3, -0.25) is 4.79 Å². The SMILES string of the molecule is O=COCCc1nnnn1-c1cccc(F)c1. The summed E-state index contributed by atoms with van der Waals surface area (Å²) in [5, 5.41) is 11.0. The number of rotatable bonds is 5. The van der Waals surface area contributed by atoms with E-state index in [4.69, 9.17) is 0 Å². The second-order valence-corrected chi connectivity index (χ2v) is 3.20. The molecule has 2 aromatic rings. The molecule has 0 saturated heterocycles. The van der Waals surface area contributed by atoms with Gasteiger partial charge in [-0.15, -0.1) is 5.10 Å². The molecule has 0 N–H and O–H groups in total. The minimum absolute atomic E-state index is 0.180. The van der Waals surface area contributed by atoms with E-state index in [1.54, 1.807) is 12.1 Å². The molecule has 1 aromatic heterocycles. The van der Waals surface area contributed by atoms with Crippen molar-refractivity contribution in [2.24, 2.45) is 0 Å². The first kappa shape index (κ1) is 11.2. The number of hydrogen-bond acceptors (Lipinski definition) is 5. The van der Waals surface area contributed by atoms with E-state index in [1.807, 2.05) is 0 Å². The Labute approximate surface area is 96.0 Å². The third-order valence-corrected chi connectivity index (χ3v) is 2.10. The molecule has 88 valence electrons. The Morgan fingerprint density at radius 2 is 2.35 bits per heavy atom. The van der Waals surface area contributed by atoms with Gasteiger partial charge in [0.1, 0.15) is 5.82 Å². The van der Waals surface area contributed by atoms with Crippen LogP contribution in [-0.2, 0) is 16.0 Å². The highest BCUT2D eigenvalue weighted by atomic mass is 19.1. The summed E-state index contributed by atoms with van der Waals surface area (Å²) in [6, 6.07) is 5.91. The van der Waals surface area contributed by atoms with Crippen LogP contribution in [0.2, 0.25) is 0 Å². The molecule has 0 aliphatic heterocycles. The van der Waals surface area contributed by atoms with Crippen LogP contribution in [0.4, 0.5) is 4.39 Å². The number of halogens is 1. The van der Waals surface area contributed by atoms with Gasteiger partial charge < -0.3 is 4.74 Å². The molecule has 0 atom stereocenters. The lowest BCUT2D eigenvalue weighted by Crippen LogP contribution is -2.07. The summed E-state index contributed by atoms with van der Waals surface area (Å²) in [4.78, 5) is 10.0. The number of ether oxygens (including phenoxy) is 1. The van der Waals surface area contributed by atoms with E-state index in [1.165, 1.54) is 16.8 Å². The van der Waals surface area contributed by atoms with Gasteiger partial charge in [0.15, 0.2) is 5.82 Å². The number of carbonyl (C=O) groups is 1. The topological polar surface area (TPSA) is 69.9 Å². The summed E-state index contributed by atoms with van der Waals surface area (Å²) >= 11 is 0. The molecule has 1 aromatic carbocycles. The van der Waals surface area contributed by atoms with Gasteiger partial charge in [-0.2, -0.15) is 4.68 Å². The van der Waals surface area contributed by atoms with Crippen molar-refractivity contribution in [3.63, 3.8) is 0 Å². The minimum Gasteiger partial charge on any atom is -0.467 e. The summed E-state index contributed by atoms with van der Waals surface area (Å²) in [5.41, 5.74) is 0.524. The fourth-order valence-corrected chi connectivity index (χ4v) is 1.37. The van der Waals surface area contributed by atoms with E-state index < -0.39 is 0 Å². The average Bonchev–Trinajstić information content (AvgIpc) is 2.78. The van der Waals surface area contributed by atoms with E-state index in [9.17, 15) is 9.18 Å². The fraction of sp³-hybridized carbons (Fsp3) is 0.200. The van der Waals surface area contributed by atoms with Crippen molar-refractivity contribution < 1.29 is 13.9 Å². The maximum Gasteiger partial charge on any atom is 0.293 e. The zero-order chi connectivity index (χ0) is 12.1. The summed E-state index contributed by atoms with van der Waals surface area (Å²) in [7, 11) is 0. The van der Waals surface area contributed by atoms with Crippen LogP contribution >= 0.6 is 0 Å². The molecule has 7 heteroatoms. The van der Waals surface area contributed by atoms with E-state index in [-0.39, 0.29) is 12.4 Å². The molecule has 0 aliphatic rings. The van der Waals surface area contributed by atoms with Crippen LogP contribution in [0.3, 0.4) is 0 Å². The predicted molar refractivity (Wildman–Crippen MR) is 54.8 cm³/mol. The minimum atomic E-state index is -0.368. The van der Waals surface area contributed by atoms with Gasteiger partial charge in [-0.1, -0.05) is 6.07 Å². The Kier molecular flexibility index (Phi) is 3.39. The number of tetrazole rings is 1. The van der Waals surface area contributed by atoms with Crippen molar-refractivity contribution >= 4 is 6.47 Å². The maximum atomic E-state index is 13.0. The predicted octanol–water partition coefficient (Wildman–Crippen LogP) is 0.517. The molecule has 6 nitrogen and oxygen atoms in total. The Hall–Kier alpha value is -2.31. The highest BCUT2D eigenvalue weighted by Crippen LogP contribution is 2.09. The Balaban J connectivity index is 2.21. The van der Waals surface area contributed by atoms with Gasteiger partial charge in [-0.05, 0) is 28.6 Å². The van der Waals surface area contributed by atoms with Crippen LogP contribution < -0.4 is 0 Å². The second-order valence-electron chi connectivity index (χ2n) is 3.20. The van der Waals surface area contributed by atoms with Crippen LogP contribution in [0.15, 0.2) is 24.3 Å². The summed E-state index contributed by atoms with van der Waals surface area (Å²) in [5.74, 6) is 0.130. The smallest absolute Gasteiger partial charge is 0.293 e. The molecule has 0 unspecified atom stereocenters. The molecular weight excluding hydrogens is 227 g/mol. The number of hydrogen-bond donors (Lipinski definition) is 0.